The van der Waals surface area contributed by atoms with E-state index in [9.17, 15) is 13.2 Å². The third-order valence-electron chi connectivity index (χ3n) is 2.23. The molecule has 0 radical (unpaired) electrons. The lowest BCUT2D eigenvalue weighted by atomic mass is 10.1. The highest BCUT2D eigenvalue weighted by atomic mass is 35.5. The van der Waals surface area contributed by atoms with Crippen molar-refractivity contribution in [3.8, 4) is 11.3 Å². The molecule has 0 spiro atoms. The summed E-state index contributed by atoms with van der Waals surface area (Å²) in [7, 11) is 0. The normalized spacial score (nSPS) is 11.8. The van der Waals surface area contributed by atoms with Gasteiger partial charge in [0.05, 0.1) is 28.2 Å². The predicted octanol–water partition coefficient (Wildman–Crippen LogP) is 3.33. The second-order valence-electron chi connectivity index (χ2n) is 3.39. The van der Waals surface area contributed by atoms with Crippen molar-refractivity contribution in [2.75, 3.05) is 5.73 Å². The molecule has 0 unspecified atom stereocenters. The van der Waals surface area contributed by atoms with E-state index >= 15 is 0 Å². The maximum atomic E-state index is 12.6. The number of hydrogen-bond acceptors (Lipinski definition) is 2. The highest BCUT2D eigenvalue weighted by molar-refractivity contribution is 6.31. The van der Waals surface area contributed by atoms with Crippen molar-refractivity contribution in [2.45, 2.75) is 6.18 Å². The molecule has 0 saturated carbocycles. The summed E-state index contributed by atoms with van der Waals surface area (Å²) in [5.74, 6) is 0. The zero-order chi connectivity index (χ0) is 12.6. The molecule has 90 valence electrons. The number of nitrogens with one attached hydrogen (secondary N) is 1. The van der Waals surface area contributed by atoms with E-state index in [1.54, 1.807) is 0 Å². The number of anilines is 1. The number of rotatable bonds is 1. The van der Waals surface area contributed by atoms with Crippen LogP contribution in [-0.2, 0) is 6.18 Å². The SMILES string of the molecule is Nc1cn[nH]c1-c1ccc(Cl)c(C(F)(F)F)c1. The van der Waals surface area contributed by atoms with Crippen LogP contribution in [0.5, 0.6) is 0 Å². The molecule has 2 aromatic rings. The third-order valence-corrected chi connectivity index (χ3v) is 2.56. The van der Waals surface area contributed by atoms with Gasteiger partial charge < -0.3 is 5.73 Å². The van der Waals surface area contributed by atoms with Gasteiger partial charge in [0.2, 0.25) is 0 Å². The number of aromatic amines is 1. The molecule has 1 heterocycles. The first-order valence-corrected chi connectivity index (χ1v) is 4.93. The highest BCUT2D eigenvalue weighted by Crippen LogP contribution is 2.37. The van der Waals surface area contributed by atoms with E-state index in [2.05, 4.69) is 10.2 Å². The molecule has 2 rings (SSSR count). The minimum atomic E-state index is -4.50. The van der Waals surface area contributed by atoms with E-state index in [-0.39, 0.29) is 16.3 Å². The van der Waals surface area contributed by atoms with Crippen molar-refractivity contribution in [3.63, 3.8) is 0 Å². The molecule has 0 amide bonds. The summed E-state index contributed by atoms with van der Waals surface area (Å²) in [6.07, 6.45) is -3.17. The second kappa shape index (κ2) is 3.96. The summed E-state index contributed by atoms with van der Waals surface area (Å²) < 4.78 is 37.9. The third kappa shape index (κ3) is 2.21. The number of aromatic nitrogens is 2. The van der Waals surface area contributed by atoms with E-state index in [4.69, 9.17) is 17.3 Å². The van der Waals surface area contributed by atoms with Crippen LogP contribution in [0, 0.1) is 0 Å². The quantitative estimate of drug-likeness (QED) is 0.827. The Labute approximate surface area is 99.4 Å². The van der Waals surface area contributed by atoms with Crippen LogP contribution in [0.2, 0.25) is 5.02 Å². The minimum absolute atomic E-state index is 0.278. The Kier molecular flexibility index (Phi) is 2.74. The first-order chi connectivity index (χ1) is 7.89. The van der Waals surface area contributed by atoms with Crippen molar-refractivity contribution in [1.29, 1.82) is 0 Å². The van der Waals surface area contributed by atoms with E-state index < -0.39 is 11.7 Å². The van der Waals surface area contributed by atoms with E-state index in [1.165, 1.54) is 18.3 Å². The van der Waals surface area contributed by atoms with Crippen molar-refractivity contribution < 1.29 is 13.2 Å². The summed E-state index contributed by atoms with van der Waals surface area (Å²) in [6.45, 7) is 0. The van der Waals surface area contributed by atoms with Crippen LogP contribution >= 0.6 is 11.6 Å². The lowest BCUT2D eigenvalue weighted by molar-refractivity contribution is -0.137. The fourth-order valence-electron chi connectivity index (χ4n) is 1.42. The fourth-order valence-corrected chi connectivity index (χ4v) is 1.65. The maximum absolute atomic E-state index is 12.6. The number of nitrogens with zero attached hydrogens (tertiary/aromatic N) is 1. The maximum Gasteiger partial charge on any atom is 0.417 e. The number of alkyl halides is 3. The molecular weight excluding hydrogens is 255 g/mol. The van der Waals surface area contributed by atoms with Gasteiger partial charge in [0.25, 0.3) is 0 Å². The van der Waals surface area contributed by atoms with Crippen molar-refractivity contribution in [3.05, 3.63) is 35.0 Å². The molecule has 0 atom stereocenters. The van der Waals surface area contributed by atoms with Crippen LogP contribution < -0.4 is 5.73 Å². The monoisotopic (exact) mass is 261 g/mol. The molecule has 1 aromatic heterocycles. The zero-order valence-electron chi connectivity index (χ0n) is 8.35. The molecule has 7 heteroatoms. The summed E-state index contributed by atoms with van der Waals surface area (Å²) in [6, 6.07) is 3.56. The molecule has 0 bridgehead atoms. The summed E-state index contributed by atoms with van der Waals surface area (Å²) in [4.78, 5) is 0. The van der Waals surface area contributed by atoms with Crippen LogP contribution in [-0.4, -0.2) is 10.2 Å². The van der Waals surface area contributed by atoms with Gasteiger partial charge in [-0.05, 0) is 12.1 Å². The summed E-state index contributed by atoms with van der Waals surface area (Å²) in [5, 5.41) is 5.83. The number of hydrogen-bond donors (Lipinski definition) is 2. The van der Waals surface area contributed by atoms with Gasteiger partial charge in [0.1, 0.15) is 0 Å². The average molecular weight is 262 g/mol. The van der Waals surface area contributed by atoms with Crippen molar-refractivity contribution in [2.24, 2.45) is 0 Å². The van der Waals surface area contributed by atoms with Crippen LogP contribution in [0.1, 0.15) is 5.56 Å². The van der Waals surface area contributed by atoms with Gasteiger partial charge in [-0.25, -0.2) is 0 Å². The van der Waals surface area contributed by atoms with Gasteiger partial charge in [-0.1, -0.05) is 17.7 Å². The Morgan fingerprint density at radius 1 is 1.29 bits per heavy atom. The molecule has 0 saturated heterocycles. The number of benzene rings is 1. The van der Waals surface area contributed by atoms with Crippen molar-refractivity contribution >= 4 is 17.3 Å². The Bertz CT molecular complexity index is 548. The predicted molar refractivity (Wildman–Crippen MR) is 58.4 cm³/mol. The van der Waals surface area contributed by atoms with Gasteiger partial charge >= 0.3 is 6.18 Å². The molecule has 0 aliphatic heterocycles. The van der Waals surface area contributed by atoms with Crippen molar-refractivity contribution in [1.82, 2.24) is 10.2 Å². The fraction of sp³-hybridized carbons (Fsp3) is 0.100. The molecular formula is C10H7ClF3N3. The van der Waals surface area contributed by atoms with E-state index in [0.29, 0.717) is 5.69 Å². The van der Waals surface area contributed by atoms with Crippen LogP contribution in [0.25, 0.3) is 11.3 Å². The summed E-state index contributed by atoms with van der Waals surface area (Å²) in [5.41, 5.74) is 5.57. The van der Waals surface area contributed by atoms with E-state index in [0.717, 1.165) is 6.07 Å². The number of nitrogens with two attached hydrogens (primary N) is 1. The second-order valence-corrected chi connectivity index (χ2v) is 3.80. The molecule has 0 fully saturated rings. The Morgan fingerprint density at radius 3 is 2.53 bits per heavy atom. The number of nitrogen functional groups attached to an aromatic ring is 1. The molecule has 0 aliphatic carbocycles. The van der Waals surface area contributed by atoms with Crippen LogP contribution in [0.3, 0.4) is 0 Å². The smallest absolute Gasteiger partial charge is 0.396 e. The number of halogens is 4. The summed E-state index contributed by atoms with van der Waals surface area (Å²) >= 11 is 5.50. The highest BCUT2D eigenvalue weighted by Gasteiger charge is 2.33. The Morgan fingerprint density at radius 2 is 2.00 bits per heavy atom. The lowest BCUT2D eigenvalue weighted by Gasteiger charge is -2.10. The molecule has 3 nitrogen and oxygen atoms in total. The van der Waals surface area contributed by atoms with Gasteiger partial charge in [-0.3, -0.25) is 5.10 Å². The Hall–Kier alpha value is -1.69. The number of H-pyrrole nitrogens is 1. The largest absolute Gasteiger partial charge is 0.417 e. The van der Waals surface area contributed by atoms with E-state index in [1.807, 2.05) is 0 Å². The standard InChI is InChI=1S/C10H7ClF3N3/c11-7-2-1-5(3-6(7)10(12,13)14)9-8(15)4-16-17-9/h1-4H,15H2,(H,16,17). The van der Waals surface area contributed by atoms with Crippen LogP contribution in [0.4, 0.5) is 18.9 Å². The Balaban J connectivity index is 2.56. The lowest BCUT2D eigenvalue weighted by Crippen LogP contribution is -2.06. The molecule has 0 aliphatic rings. The molecule has 17 heavy (non-hydrogen) atoms. The molecule has 3 N–H and O–H groups in total. The van der Waals surface area contributed by atoms with Crippen LogP contribution in [0.15, 0.2) is 24.4 Å². The minimum Gasteiger partial charge on any atom is -0.396 e. The van der Waals surface area contributed by atoms with Gasteiger partial charge in [-0.2, -0.15) is 18.3 Å². The first kappa shape index (κ1) is 11.8. The van der Waals surface area contributed by atoms with Gasteiger partial charge in [0, 0.05) is 5.56 Å². The molecule has 1 aromatic carbocycles. The topological polar surface area (TPSA) is 54.7 Å². The van der Waals surface area contributed by atoms with Gasteiger partial charge in [0.15, 0.2) is 0 Å². The zero-order valence-corrected chi connectivity index (χ0v) is 9.10. The average Bonchev–Trinajstić information content (AvgIpc) is 2.63. The van der Waals surface area contributed by atoms with Gasteiger partial charge in [-0.15, -0.1) is 0 Å². The first-order valence-electron chi connectivity index (χ1n) is 4.55.